The van der Waals surface area contributed by atoms with Gasteiger partial charge in [0.15, 0.2) is 0 Å². The van der Waals surface area contributed by atoms with Gasteiger partial charge in [-0.05, 0) is 12.8 Å². The Labute approximate surface area is 107 Å². The number of carbonyl (C=O) groups is 1. The molecule has 0 aromatic heterocycles. The van der Waals surface area contributed by atoms with E-state index in [0.717, 1.165) is 11.4 Å². The zero-order chi connectivity index (χ0) is 13.5. The van der Waals surface area contributed by atoms with Crippen molar-refractivity contribution in [1.29, 1.82) is 5.26 Å². The Morgan fingerprint density at radius 2 is 2.50 bits per heavy atom. The molecule has 1 aliphatic heterocycles. The van der Waals surface area contributed by atoms with Crippen LogP contribution in [0.3, 0.4) is 0 Å². The summed E-state index contributed by atoms with van der Waals surface area (Å²) in [6.07, 6.45) is 2.78. The van der Waals surface area contributed by atoms with E-state index >= 15 is 0 Å². The Balaban J connectivity index is 2.60. The number of carbonyl (C=O) groups excluding carboxylic acids is 1. The van der Waals surface area contributed by atoms with E-state index in [1.54, 1.807) is 12.0 Å². The zero-order valence-electron chi connectivity index (χ0n) is 10.5. The first-order valence-corrected chi connectivity index (χ1v) is 5.73. The molecule has 0 bridgehead atoms. The molecular formula is C11H19N5O2. The highest BCUT2D eigenvalue weighted by Crippen LogP contribution is 2.16. The minimum absolute atomic E-state index is 0.0998. The van der Waals surface area contributed by atoms with E-state index in [1.807, 2.05) is 0 Å². The van der Waals surface area contributed by atoms with Crippen molar-refractivity contribution in [2.24, 2.45) is 5.84 Å². The number of hydroxylamine groups is 1. The molecule has 0 radical (unpaired) electrons. The highest BCUT2D eigenvalue weighted by atomic mass is 16.6. The molecule has 1 rings (SSSR count). The van der Waals surface area contributed by atoms with Crippen molar-refractivity contribution in [3.05, 3.63) is 12.8 Å². The van der Waals surface area contributed by atoms with Gasteiger partial charge in [-0.2, -0.15) is 10.7 Å². The SMILES string of the molecule is C=CN(N)C(=O)CN1CC(NOC)CCC1C#N. The van der Waals surface area contributed by atoms with Gasteiger partial charge in [0.1, 0.15) is 0 Å². The molecule has 0 aliphatic carbocycles. The van der Waals surface area contributed by atoms with Crippen LogP contribution in [-0.2, 0) is 9.63 Å². The maximum Gasteiger partial charge on any atom is 0.254 e. The predicted octanol–water partition coefficient (Wildman–Crippen LogP) is -0.660. The molecule has 1 amide bonds. The predicted molar refractivity (Wildman–Crippen MR) is 65.4 cm³/mol. The average Bonchev–Trinajstić information content (AvgIpc) is 2.38. The second-order valence-electron chi connectivity index (χ2n) is 4.15. The lowest BCUT2D eigenvalue weighted by Crippen LogP contribution is -2.53. The van der Waals surface area contributed by atoms with Crippen LogP contribution in [0.2, 0.25) is 0 Å². The smallest absolute Gasteiger partial charge is 0.254 e. The normalized spacial score (nSPS) is 24.3. The van der Waals surface area contributed by atoms with Gasteiger partial charge in [-0.15, -0.1) is 0 Å². The van der Waals surface area contributed by atoms with E-state index in [-0.39, 0.29) is 24.5 Å². The van der Waals surface area contributed by atoms with Crippen LogP contribution in [0.1, 0.15) is 12.8 Å². The fraction of sp³-hybridized carbons (Fsp3) is 0.636. The second kappa shape index (κ2) is 7.08. The molecule has 7 nitrogen and oxygen atoms in total. The van der Waals surface area contributed by atoms with Crippen LogP contribution < -0.4 is 11.3 Å². The summed E-state index contributed by atoms with van der Waals surface area (Å²) in [4.78, 5) is 18.4. The number of piperidine rings is 1. The van der Waals surface area contributed by atoms with Gasteiger partial charge in [0.25, 0.3) is 5.91 Å². The largest absolute Gasteiger partial charge is 0.305 e. The first-order valence-electron chi connectivity index (χ1n) is 5.73. The first kappa shape index (κ1) is 14.6. The molecule has 1 saturated heterocycles. The third-order valence-corrected chi connectivity index (χ3v) is 2.94. The molecule has 1 heterocycles. The monoisotopic (exact) mass is 253 g/mol. The number of rotatable bonds is 5. The number of nitrogens with two attached hydrogens (primary N) is 1. The quantitative estimate of drug-likeness (QED) is 0.384. The van der Waals surface area contributed by atoms with Gasteiger partial charge >= 0.3 is 0 Å². The fourth-order valence-electron chi connectivity index (χ4n) is 1.98. The number of hydrogen-bond donors (Lipinski definition) is 2. The molecule has 3 N–H and O–H groups in total. The van der Waals surface area contributed by atoms with E-state index < -0.39 is 0 Å². The highest BCUT2D eigenvalue weighted by molar-refractivity contribution is 5.78. The number of nitrogens with zero attached hydrogens (tertiary/aromatic N) is 3. The van der Waals surface area contributed by atoms with Crippen LogP contribution in [0.25, 0.3) is 0 Å². The van der Waals surface area contributed by atoms with Crippen molar-refractivity contribution in [2.75, 3.05) is 20.2 Å². The molecule has 0 aromatic rings. The van der Waals surface area contributed by atoms with Crippen molar-refractivity contribution >= 4 is 5.91 Å². The van der Waals surface area contributed by atoms with Crippen LogP contribution in [0, 0.1) is 11.3 Å². The molecule has 2 unspecified atom stereocenters. The lowest BCUT2D eigenvalue weighted by Gasteiger charge is -2.36. The molecule has 0 spiro atoms. The van der Waals surface area contributed by atoms with Gasteiger partial charge in [0.2, 0.25) is 0 Å². The molecule has 2 atom stereocenters. The maximum absolute atomic E-state index is 11.7. The third-order valence-electron chi connectivity index (χ3n) is 2.94. The van der Waals surface area contributed by atoms with Crippen molar-refractivity contribution < 1.29 is 9.63 Å². The van der Waals surface area contributed by atoms with E-state index in [4.69, 9.17) is 15.9 Å². The van der Waals surface area contributed by atoms with Crippen LogP contribution in [0.5, 0.6) is 0 Å². The summed E-state index contributed by atoms with van der Waals surface area (Å²) in [5, 5.41) is 10.00. The van der Waals surface area contributed by atoms with Crippen molar-refractivity contribution in [3.8, 4) is 6.07 Å². The van der Waals surface area contributed by atoms with Crippen molar-refractivity contribution in [2.45, 2.75) is 24.9 Å². The Kier molecular flexibility index (Phi) is 5.74. The second-order valence-corrected chi connectivity index (χ2v) is 4.15. The minimum atomic E-state index is -0.289. The van der Waals surface area contributed by atoms with Crippen molar-refractivity contribution in [3.63, 3.8) is 0 Å². The van der Waals surface area contributed by atoms with Crippen LogP contribution in [-0.4, -0.2) is 48.1 Å². The van der Waals surface area contributed by atoms with Crippen LogP contribution in [0.15, 0.2) is 12.8 Å². The van der Waals surface area contributed by atoms with Gasteiger partial charge in [-0.1, -0.05) is 6.58 Å². The third kappa shape index (κ3) is 3.78. The van der Waals surface area contributed by atoms with E-state index in [1.165, 1.54) is 6.20 Å². The summed E-state index contributed by atoms with van der Waals surface area (Å²) in [6.45, 7) is 4.09. The molecule has 0 aromatic carbocycles. The fourth-order valence-corrected chi connectivity index (χ4v) is 1.98. The summed E-state index contributed by atoms with van der Waals surface area (Å²) < 4.78 is 0. The van der Waals surface area contributed by atoms with Gasteiger partial charge < -0.3 is 4.84 Å². The molecular weight excluding hydrogens is 234 g/mol. The number of nitriles is 1. The standard InChI is InChI=1S/C11H19N5O2/c1-3-16(13)11(17)8-15-7-9(14-18-2)4-5-10(15)6-12/h3,9-10,14H,1,4-5,7-8,13H2,2H3. The van der Waals surface area contributed by atoms with Gasteiger partial charge in [0.05, 0.1) is 25.8 Å². The lowest BCUT2D eigenvalue weighted by atomic mass is 9.99. The van der Waals surface area contributed by atoms with Crippen LogP contribution in [0.4, 0.5) is 0 Å². The van der Waals surface area contributed by atoms with Crippen LogP contribution >= 0.6 is 0 Å². The summed E-state index contributed by atoms with van der Waals surface area (Å²) in [5.41, 5.74) is 2.85. The number of nitrogens with one attached hydrogen (secondary N) is 1. The maximum atomic E-state index is 11.7. The Morgan fingerprint density at radius 3 is 3.06 bits per heavy atom. The molecule has 100 valence electrons. The van der Waals surface area contributed by atoms with Gasteiger partial charge in [0, 0.05) is 18.8 Å². The summed E-state index contributed by atoms with van der Waals surface area (Å²) in [7, 11) is 1.55. The summed E-state index contributed by atoms with van der Waals surface area (Å²) in [6, 6.07) is 2.05. The molecule has 1 aliphatic rings. The summed E-state index contributed by atoms with van der Waals surface area (Å²) >= 11 is 0. The van der Waals surface area contributed by atoms with Gasteiger partial charge in [-0.3, -0.25) is 14.7 Å². The van der Waals surface area contributed by atoms with E-state index in [9.17, 15) is 4.79 Å². The van der Waals surface area contributed by atoms with Gasteiger partial charge in [-0.25, -0.2) is 5.84 Å². The number of likely N-dealkylation sites (tertiary alicyclic amines) is 1. The summed E-state index contributed by atoms with van der Waals surface area (Å²) in [5.74, 6) is 5.14. The van der Waals surface area contributed by atoms with Crippen molar-refractivity contribution in [1.82, 2.24) is 15.4 Å². The van der Waals surface area contributed by atoms with E-state index in [2.05, 4.69) is 18.1 Å². The topological polar surface area (TPSA) is 94.6 Å². The Bertz CT molecular complexity index is 341. The number of hydrazine groups is 1. The minimum Gasteiger partial charge on any atom is -0.305 e. The number of hydrogen-bond acceptors (Lipinski definition) is 6. The Morgan fingerprint density at radius 1 is 1.78 bits per heavy atom. The zero-order valence-corrected chi connectivity index (χ0v) is 10.5. The average molecular weight is 253 g/mol. The lowest BCUT2D eigenvalue weighted by molar-refractivity contribution is -0.131. The Hall–Kier alpha value is -1.46. The molecule has 7 heteroatoms. The highest BCUT2D eigenvalue weighted by Gasteiger charge is 2.30. The number of amides is 1. The van der Waals surface area contributed by atoms with E-state index in [0.29, 0.717) is 13.0 Å². The molecule has 0 saturated carbocycles. The molecule has 1 fully saturated rings. The first-order chi connectivity index (χ1) is 8.62. The molecule has 18 heavy (non-hydrogen) atoms.